The fraction of sp³-hybridized carbons (Fsp3) is 0.407. The van der Waals surface area contributed by atoms with Crippen LogP contribution in [0, 0.1) is 6.92 Å². The van der Waals surface area contributed by atoms with E-state index in [0.29, 0.717) is 34.6 Å². The van der Waals surface area contributed by atoms with Crippen LogP contribution in [-0.4, -0.2) is 46.9 Å². The van der Waals surface area contributed by atoms with Gasteiger partial charge in [0.05, 0.1) is 36.8 Å². The Morgan fingerprint density at radius 2 is 1.73 bits per heavy atom. The molecule has 1 fully saturated rings. The van der Waals surface area contributed by atoms with Crippen LogP contribution in [0.25, 0.3) is 0 Å². The van der Waals surface area contributed by atoms with Gasteiger partial charge in [-0.25, -0.2) is 5.48 Å². The number of amides is 4. The molecule has 1 saturated carbocycles. The molecule has 4 rings (SSSR count). The van der Waals surface area contributed by atoms with Crippen LogP contribution in [0.2, 0.25) is 0 Å². The Hall–Kier alpha value is -3.92. The number of nitrogens with zero attached hydrogens (tertiary/aromatic N) is 1. The Kier molecular flexibility index (Phi) is 9.24. The number of primary amides is 1. The van der Waals surface area contributed by atoms with Gasteiger partial charge in [0.1, 0.15) is 0 Å². The zero-order chi connectivity index (χ0) is 27.1. The molecule has 37 heavy (non-hydrogen) atoms. The Balaban J connectivity index is 0.000000695. The standard InChI is InChI=1S/C24H26N2O6.C3H7NO/c1-14-7-9-17-18(11-14)24(29)26(23(17)28)19(13-22(27)25-30)15-8-10-20(31-2)21(12-15)32-16-5-3-4-6-16;1-2-3(4)5/h7-12,16,19,30H,3-6,13H2,1-2H3,(H,25,27);2H2,1H3,(H2,4,5). The van der Waals surface area contributed by atoms with Gasteiger partial charge >= 0.3 is 0 Å². The Bertz CT molecular complexity index is 1170. The lowest BCUT2D eigenvalue weighted by molar-refractivity contribution is -0.130. The van der Waals surface area contributed by atoms with Crippen molar-refractivity contribution in [1.29, 1.82) is 0 Å². The molecule has 0 aromatic heterocycles. The minimum atomic E-state index is -0.924. The highest BCUT2D eigenvalue weighted by atomic mass is 16.5. The van der Waals surface area contributed by atoms with Crippen LogP contribution >= 0.6 is 0 Å². The second-order valence-corrected chi connectivity index (χ2v) is 9.04. The molecule has 4 N–H and O–H groups in total. The topological polar surface area (TPSA) is 148 Å². The fourth-order valence-corrected chi connectivity index (χ4v) is 4.41. The largest absolute Gasteiger partial charge is 0.493 e. The van der Waals surface area contributed by atoms with Crippen LogP contribution in [0.15, 0.2) is 36.4 Å². The number of hydrogen-bond donors (Lipinski definition) is 3. The number of ether oxygens (including phenoxy) is 2. The summed E-state index contributed by atoms with van der Waals surface area (Å²) in [5.41, 5.74) is 8.25. The molecule has 10 heteroatoms. The van der Waals surface area contributed by atoms with E-state index in [0.717, 1.165) is 36.1 Å². The molecule has 1 unspecified atom stereocenters. The van der Waals surface area contributed by atoms with Crippen molar-refractivity contribution in [2.75, 3.05) is 7.11 Å². The molecule has 2 aliphatic rings. The lowest BCUT2D eigenvalue weighted by atomic mass is 10.0. The molecule has 2 aromatic carbocycles. The number of imide groups is 1. The summed E-state index contributed by atoms with van der Waals surface area (Å²) in [4.78, 5) is 49.1. The molecule has 0 radical (unpaired) electrons. The highest BCUT2D eigenvalue weighted by Gasteiger charge is 2.41. The first-order chi connectivity index (χ1) is 17.7. The Morgan fingerprint density at radius 3 is 2.32 bits per heavy atom. The summed E-state index contributed by atoms with van der Waals surface area (Å²) >= 11 is 0. The van der Waals surface area contributed by atoms with Gasteiger partial charge < -0.3 is 15.2 Å². The number of benzene rings is 2. The van der Waals surface area contributed by atoms with Gasteiger partial charge in [0.2, 0.25) is 11.8 Å². The molecule has 4 amide bonds. The van der Waals surface area contributed by atoms with Crippen molar-refractivity contribution in [3.63, 3.8) is 0 Å². The van der Waals surface area contributed by atoms with E-state index < -0.39 is 23.8 Å². The van der Waals surface area contributed by atoms with Gasteiger partial charge in [-0.15, -0.1) is 0 Å². The van der Waals surface area contributed by atoms with Crippen LogP contribution in [0.4, 0.5) is 0 Å². The molecular formula is C27H33N3O7. The summed E-state index contributed by atoms with van der Waals surface area (Å²) in [6, 6.07) is 9.24. The molecule has 0 bridgehead atoms. The van der Waals surface area contributed by atoms with Gasteiger partial charge in [-0.3, -0.25) is 29.3 Å². The molecule has 1 aliphatic heterocycles. The molecule has 198 valence electrons. The molecule has 2 aromatic rings. The number of aryl methyl sites for hydroxylation is 1. The maximum atomic E-state index is 13.2. The zero-order valence-electron chi connectivity index (χ0n) is 21.3. The monoisotopic (exact) mass is 511 g/mol. The van der Waals surface area contributed by atoms with E-state index >= 15 is 0 Å². The van der Waals surface area contributed by atoms with Crippen molar-refractivity contribution in [2.24, 2.45) is 5.73 Å². The second-order valence-electron chi connectivity index (χ2n) is 9.04. The lowest BCUT2D eigenvalue weighted by Crippen LogP contribution is -2.37. The van der Waals surface area contributed by atoms with Gasteiger partial charge in [0, 0.05) is 6.42 Å². The van der Waals surface area contributed by atoms with E-state index in [2.05, 4.69) is 5.73 Å². The van der Waals surface area contributed by atoms with Crippen molar-refractivity contribution in [3.8, 4) is 11.5 Å². The third-order valence-electron chi connectivity index (χ3n) is 6.41. The highest BCUT2D eigenvalue weighted by Crippen LogP contribution is 2.39. The number of methoxy groups -OCH3 is 1. The van der Waals surface area contributed by atoms with E-state index in [4.69, 9.17) is 14.7 Å². The number of nitrogens with two attached hydrogens (primary N) is 1. The minimum absolute atomic E-state index is 0.0700. The van der Waals surface area contributed by atoms with E-state index in [-0.39, 0.29) is 18.4 Å². The Morgan fingerprint density at radius 1 is 1.08 bits per heavy atom. The van der Waals surface area contributed by atoms with Gasteiger partial charge in [-0.05, 0) is 62.4 Å². The number of carbonyl (C=O) groups excluding carboxylic acids is 4. The first kappa shape index (κ1) is 27.7. The first-order valence-corrected chi connectivity index (χ1v) is 12.2. The molecule has 1 aliphatic carbocycles. The number of hydroxylamine groups is 1. The number of carbonyl (C=O) groups is 4. The number of hydrogen-bond acceptors (Lipinski definition) is 7. The highest BCUT2D eigenvalue weighted by molar-refractivity contribution is 6.21. The van der Waals surface area contributed by atoms with Gasteiger partial charge in [0.15, 0.2) is 11.5 Å². The van der Waals surface area contributed by atoms with Crippen molar-refractivity contribution in [1.82, 2.24) is 10.4 Å². The van der Waals surface area contributed by atoms with Crippen molar-refractivity contribution in [2.45, 2.75) is 64.5 Å². The number of nitrogens with one attached hydrogen (secondary N) is 1. The molecule has 1 heterocycles. The van der Waals surface area contributed by atoms with Crippen molar-refractivity contribution >= 4 is 23.6 Å². The fourth-order valence-electron chi connectivity index (χ4n) is 4.41. The van der Waals surface area contributed by atoms with Crippen LogP contribution in [0.5, 0.6) is 11.5 Å². The molecule has 10 nitrogen and oxygen atoms in total. The summed E-state index contributed by atoms with van der Waals surface area (Å²) < 4.78 is 11.6. The van der Waals surface area contributed by atoms with Gasteiger partial charge in [0.25, 0.3) is 11.8 Å². The summed E-state index contributed by atoms with van der Waals surface area (Å²) in [6.45, 7) is 3.57. The predicted octanol–water partition coefficient (Wildman–Crippen LogP) is 3.44. The molecule has 0 spiro atoms. The Labute approximate surface area is 215 Å². The summed E-state index contributed by atoms with van der Waals surface area (Å²) in [6.07, 6.45) is 4.31. The third kappa shape index (κ3) is 6.45. The van der Waals surface area contributed by atoms with Crippen LogP contribution in [0.1, 0.15) is 83.3 Å². The van der Waals surface area contributed by atoms with Crippen LogP contribution < -0.4 is 20.7 Å². The predicted molar refractivity (Wildman–Crippen MR) is 134 cm³/mol. The summed E-state index contributed by atoms with van der Waals surface area (Å²) in [7, 11) is 1.54. The van der Waals surface area contributed by atoms with Gasteiger partial charge in [-0.2, -0.15) is 0 Å². The quantitative estimate of drug-likeness (QED) is 0.279. The number of rotatable bonds is 8. The maximum absolute atomic E-state index is 13.2. The SMILES string of the molecule is CCC(N)=O.COc1ccc(C(CC(=O)NO)N2C(=O)c3ccc(C)cc3C2=O)cc1OC1CCCC1. The van der Waals surface area contributed by atoms with E-state index in [1.165, 1.54) is 0 Å². The second kappa shape index (κ2) is 12.4. The van der Waals surface area contributed by atoms with E-state index in [1.54, 1.807) is 55.9 Å². The average molecular weight is 512 g/mol. The summed E-state index contributed by atoms with van der Waals surface area (Å²) in [5, 5.41) is 9.11. The zero-order valence-corrected chi connectivity index (χ0v) is 21.3. The average Bonchev–Trinajstić information content (AvgIpc) is 3.48. The molecular weight excluding hydrogens is 478 g/mol. The van der Waals surface area contributed by atoms with Crippen molar-refractivity contribution in [3.05, 3.63) is 58.7 Å². The molecule has 0 saturated heterocycles. The summed E-state index contributed by atoms with van der Waals surface area (Å²) in [5.74, 6) is -0.877. The first-order valence-electron chi connectivity index (χ1n) is 12.2. The molecule has 1 atom stereocenters. The van der Waals surface area contributed by atoms with E-state index in [9.17, 15) is 19.2 Å². The van der Waals surface area contributed by atoms with Crippen LogP contribution in [-0.2, 0) is 9.59 Å². The lowest BCUT2D eigenvalue weighted by Gasteiger charge is -2.27. The maximum Gasteiger partial charge on any atom is 0.262 e. The smallest absolute Gasteiger partial charge is 0.262 e. The van der Waals surface area contributed by atoms with E-state index in [1.807, 2.05) is 6.92 Å². The normalized spacial score (nSPS) is 15.5. The van der Waals surface area contributed by atoms with Gasteiger partial charge in [-0.1, -0.05) is 24.6 Å². The third-order valence-corrected chi connectivity index (χ3v) is 6.41. The van der Waals surface area contributed by atoms with Crippen molar-refractivity contribution < 1.29 is 33.9 Å². The van der Waals surface area contributed by atoms with Crippen LogP contribution in [0.3, 0.4) is 0 Å². The number of fused-ring (bicyclic) bond motifs is 1. The minimum Gasteiger partial charge on any atom is -0.493 e.